The van der Waals surface area contributed by atoms with Crippen molar-refractivity contribution < 1.29 is 9.53 Å². The third-order valence-corrected chi connectivity index (χ3v) is 6.06. The molecule has 0 fully saturated rings. The van der Waals surface area contributed by atoms with Crippen molar-refractivity contribution in [2.75, 3.05) is 12.0 Å². The van der Waals surface area contributed by atoms with Gasteiger partial charge in [-0.3, -0.25) is 4.79 Å². The van der Waals surface area contributed by atoms with Crippen molar-refractivity contribution in [3.8, 4) is 5.75 Å². The monoisotopic (exact) mass is 385 g/mol. The summed E-state index contributed by atoms with van der Waals surface area (Å²) in [5.74, 6) is 0.685. The first kappa shape index (κ1) is 19.3. The highest BCUT2D eigenvalue weighted by atomic mass is 16.5. The molecule has 3 heteroatoms. The SMILES string of the molecule is COc1cccc(C(=O)N2c3ccccc3C(C)(c3ccccc3)CC2(C)C)c1. The summed E-state index contributed by atoms with van der Waals surface area (Å²) >= 11 is 0. The summed E-state index contributed by atoms with van der Waals surface area (Å²) in [7, 11) is 1.62. The molecule has 1 aliphatic rings. The molecule has 0 radical (unpaired) electrons. The van der Waals surface area contributed by atoms with E-state index in [1.54, 1.807) is 7.11 Å². The largest absolute Gasteiger partial charge is 0.497 e. The van der Waals surface area contributed by atoms with E-state index < -0.39 is 0 Å². The van der Waals surface area contributed by atoms with E-state index in [2.05, 4.69) is 63.2 Å². The Hall–Kier alpha value is -3.07. The smallest absolute Gasteiger partial charge is 0.258 e. The molecule has 1 atom stereocenters. The van der Waals surface area contributed by atoms with E-state index in [0.717, 1.165) is 12.1 Å². The average Bonchev–Trinajstić information content (AvgIpc) is 2.73. The number of fused-ring (bicyclic) bond motifs is 1. The van der Waals surface area contributed by atoms with Crippen LogP contribution in [0.5, 0.6) is 5.75 Å². The number of hydrogen-bond donors (Lipinski definition) is 0. The Morgan fingerprint density at radius 3 is 2.31 bits per heavy atom. The Bertz CT molecular complexity index is 1040. The molecule has 1 heterocycles. The first-order valence-electron chi connectivity index (χ1n) is 10.0. The Morgan fingerprint density at radius 2 is 1.59 bits per heavy atom. The van der Waals surface area contributed by atoms with Crippen LogP contribution >= 0.6 is 0 Å². The fraction of sp³-hybridized carbons (Fsp3) is 0.269. The van der Waals surface area contributed by atoms with Crippen LogP contribution in [0.4, 0.5) is 5.69 Å². The molecule has 3 nitrogen and oxygen atoms in total. The number of rotatable bonds is 3. The van der Waals surface area contributed by atoms with Crippen molar-refractivity contribution in [1.29, 1.82) is 0 Å². The molecule has 1 aliphatic heterocycles. The summed E-state index contributed by atoms with van der Waals surface area (Å²) in [6.45, 7) is 6.60. The van der Waals surface area contributed by atoms with Gasteiger partial charge < -0.3 is 9.64 Å². The molecule has 0 aliphatic carbocycles. The summed E-state index contributed by atoms with van der Waals surface area (Å²) in [5, 5.41) is 0. The van der Waals surface area contributed by atoms with Crippen LogP contribution in [0.3, 0.4) is 0 Å². The molecule has 148 valence electrons. The molecule has 4 rings (SSSR count). The molecule has 0 aromatic heterocycles. The number of carbonyl (C=O) groups excluding carboxylic acids is 1. The second kappa shape index (κ2) is 7.07. The van der Waals surface area contributed by atoms with Crippen molar-refractivity contribution in [1.82, 2.24) is 0 Å². The van der Waals surface area contributed by atoms with Crippen molar-refractivity contribution in [2.24, 2.45) is 0 Å². The van der Waals surface area contributed by atoms with Crippen LogP contribution in [-0.4, -0.2) is 18.6 Å². The Balaban J connectivity index is 1.87. The van der Waals surface area contributed by atoms with Gasteiger partial charge in [-0.1, -0.05) is 61.5 Å². The number of anilines is 1. The molecular weight excluding hydrogens is 358 g/mol. The van der Waals surface area contributed by atoms with Crippen molar-refractivity contribution >= 4 is 11.6 Å². The zero-order chi connectivity index (χ0) is 20.6. The van der Waals surface area contributed by atoms with Crippen molar-refractivity contribution in [3.63, 3.8) is 0 Å². The van der Waals surface area contributed by atoms with Gasteiger partial charge in [-0.05, 0) is 55.7 Å². The number of methoxy groups -OCH3 is 1. The molecule has 0 spiro atoms. The van der Waals surface area contributed by atoms with Crippen LogP contribution in [0.25, 0.3) is 0 Å². The van der Waals surface area contributed by atoms with Crippen LogP contribution in [0, 0.1) is 0 Å². The zero-order valence-corrected chi connectivity index (χ0v) is 17.5. The first-order chi connectivity index (χ1) is 13.9. The zero-order valence-electron chi connectivity index (χ0n) is 17.5. The van der Waals surface area contributed by atoms with Gasteiger partial charge in [0.15, 0.2) is 0 Å². The lowest BCUT2D eigenvalue weighted by Crippen LogP contribution is -2.55. The predicted molar refractivity (Wildman–Crippen MR) is 118 cm³/mol. The van der Waals surface area contributed by atoms with Crippen LogP contribution in [0.15, 0.2) is 78.9 Å². The molecule has 3 aromatic rings. The van der Waals surface area contributed by atoms with Crippen molar-refractivity contribution in [2.45, 2.75) is 38.1 Å². The topological polar surface area (TPSA) is 29.5 Å². The maximum Gasteiger partial charge on any atom is 0.258 e. The molecule has 0 bridgehead atoms. The minimum absolute atomic E-state index is 0.00328. The quantitative estimate of drug-likeness (QED) is 0.568. The Kier molecular flexibility index (Phi) is 4.70. The lowest BCUT2D eigenvalue weighted by molar-refractivity contribution is 0.0948. The summed E-state index contributed by atoms with van der Waals surface area (Å²) in [6.07, 6.45) is 0.830. The molecule has 3 aromatic carbocycles. The van der Waals surface area contributed by atoms with E-state index in [1.165, 1.54) is 11.1 Å². The number of ether oxygens (including phenoxy) is 1. The van der Waals surface area contributed by atoms with Crippen molar-refractivity contribution in [3.05, 3.63) is 95.6 Å². The number of benzene rings is 3. The lowest BCUT2D eigenvalue weighted by atomic mass is 9.65. The minimum Gasteiger partial charge on any atom is -0.497 e. The molecule has 0 saturated carbocycles. The molecule has 1 amide bonds. The molecular formula is C26H27NO2. The summed E-state index contributed by atoms with van der Waals surface area (Å²) in [6, 6.07) is 26.3. The van der Waals surface area contributed by atoms with E-state index >= 15 is 0 Å². The summed E-state index contributed by atoms with van der Waals surface area (Å²) in [5.41, 5.74) is 3.53. The highest BCUT2D eigenvalue weighted by Crippen LogP contribution is 2.50. The van der Waals surface area contributed by atoms with Crippen LogP contribution in [0.1, 0.15) is 48.7 Å². The highest BCUT2D eigenvalue weighted by Gasteiger charge is 2.47. The fourth-order valence-electron chi connectivity index (χ4n) is 4.83. The van der Waals surface area contributed by atoms with E-state index in [0.29, 0.717) is 11.3 Å². The van der Waals surface area contributed by atoms with E-state index in [-0.39, 0.29) is 16.9 Å². The number of para-hydroxylation sites is 1. The predicted octanol–water partition coefficient (Wildman–Crippen LogP) is 5.83. The van der Waals surface area contributed by atoms with E-state index in [4.69, 9.17) is 4.74 Å². The lowest BCUT2D eigenvalue weighted by Gasteiger charge is -2.51. The standard InChI is InChI=1S/C26H27NO2/c1-25(2)18-26(3,20-12-6-5-7-13-20)22-15-8-9-16-23(22)27(25)24(28)19-11-10-14-21(17-19)29-4/h5-17H,18H2,1-4H3. The summed E-state index contributed by atoms with van der Waals surface area (Å²) < 4.78 is 5.33. The van der Waals surface area contributed by atoms with Gasteiger partial charge in [0.2, 0.25) is 0 Å². The normalized spacial score (nSPS) is 20.1. The van der Waals surface area contributed by atoms with Gasteiger partial charge in [0.1, 0.15) is 5.75 Å². The Labute approximate surface area is 172 Å². The number of carbonyl (C=O) groups is 1. The van der Waals surface area contributed by atoms with Gasteiger partial charge >= 0.3 is 0 Å². The second-order valence-corrected chi connectivity index (χ2v) is 8.58. The molecule has 1 unspecified atom stereocenters. The van der Waals surface area contributed by atoms with Crippen LogP contribution < -0.4 is 9.64 Å². The van der Waals surface area contributed by atoms with Gasteiger partial charge in [0.25, 0.3) is 5.91 Å². The van der Waals surface area contributed by atoms with E-state index in [1.807, 2.05) is 41.3 Å². The third-order valence-electron chi connectivity index (χ3n) is 6.06. The first-order valence-corrected chi connectivity index (χ1v) is 10.0. The summed E-state index contributed by atoms with van der Waals surface area (Å²) in [4.78, 5) is 15.6. The molecule has 29 heavy (non-hydrogen) atoms. The second-order valence-electron chi connectivity index (χ2n) is 8.58. The maximum absolute atomic E-state index is 13.7. The van der Waals surface area contributed by atoms with Crippen LogP contribution in [0.2, 0.25) is 0 Å². The number of amides is 1. The molecule has 0 N–H and O–H groups in total. The minimum atomic E-state index is -0.362. The highest BCUT2D eigenvalue weighted by molar-refractivity contribution is 6.08. The van der Waals surface area contributed by atoms with Crippen LogP contribution in [-0.2, 0) is 5.41 Å². The molecule has 0 saturated heterocycles. The Morgan fingerprint density at radius 1 is 0.897 bits per heavy atom. The number of hydrogen-bond acceptors (Lipinski definition) is 2. The van der Waals surface area contributed by atoms with Gasteiger partial charge in [0.05, 0.1) is 7.11 Å². The number of nitrogens with zero attached hydrogens (tertiary/aromatic N) is 1. The fourth-order valence-corrected chi connectivity index (χ4v) is 4.83. The van der Waals surface area contributed by atoms with Gasteiger partial charge in [0, 0.05) is 22.2 Å². The third kappa shape index (κ3) is 3.21. The van der Waals surface area contributed by atoms with Gasteiger partial charge in [-0.15, -0.1) is 0 Å². The van der Waals surface area contributed by atoms with Gasteiger partial charge in [-0.2, -0.15) is 0 Å². The maximum atomic E-state index is 13.7. The van der Waals surface area contributed by atoms with E-state index in [9.17, 15) is 4.79 Å². The van der Waals surface area contributed by atoms with Gasteiger partial charge in [-0.25, -0.2) is 0 Å². The average molecular weight is 386 g/mol.